The molecule has 1 aromatic carbocycles. The smallest absolute Gasteiger partial charge is 0.276 e. The van der Waals surface area contributed by atoms with Crippen molar-refractivity contribution in [1.82, 2.24) is 19.9 Å². The lowest BCUT2D eigenvalue weighted by Crippen LogP contribution is -2.37. The number of carbonyl (C=O) groups is 1. The van der Waals surface area contributed by atoms with Gasteiger partial charge in [-0.3, -0.25) is 4.79 Å². The first-order chi connectivity index (χ1) is 13.3. The van der Waals surface area contributed by atoms with Gasteiger partial charge >= 0.3 is 0 Å². The predicted molar refractivity (Wildman–Crippen MR) is 104 cm³/mol. The van der Waals surface area contributed by atoms with E-state index in [0.717, 1.165) is 29.9 Å². The standard InChI is InChI=1S/C20H22N4O2S/c25-20(19-15-24(22-21-19)12-16-6-2-1-3-7-16)23(13-17-8-4-10-26-17)14-18-9-5-11-27-18/h1-3,5-7,9,11,15,17H,4,8,10,12-14H2. The molecular weight excluding hydrogens is 360 g/mol. The van der Waals surface area contributed by atoms with Crippen LogP contribution < -0.4 is 0 Å². The maximum Gasteiger partial charge on any atom is 0.276 e. The number of amides is 1. The van der Waals surface area contributed by atoms with Gasteiger partial charge in [-0.15, -0.1) is 16.4 Å². The molecule has 0 N–H and O–H groups in total. The number of thiophene rings is 1. The molecule has 4 rings (SSSR count). The molecule has 6 nitrogen and oxygen atoms in total. The summed E-state index contributed by atoms with van der Waals surface area (Å²) >= 11 is 1.65. The van der Waals surface area contributed by atoms with Crippen molar-refractivity contribution in [2.45, 2.75) is 32.0 Å². The van der Waals surface area contributed by atoms with Crippen LogP contribution in [-0.2, 0) is 17.8 Å². The van der Waals surface area contributed by atoms with Gasteiger partial charge in [0.15, 0.2) is 5.69 Å². The van der Waals surface area contributed by atoms with E-state index in [1.54, 1.807) is 22.2 Å². The summed E-state index contributed by atoms with van der Waals surface area (Å²) in [4.78, 5) is 16.1. The highest BCUT2D eigenvalue weighted by Gasteiger charge is 2.25. The third-order valence-corrected chi connectivity index (χ3v) is 5.47. The van der Waals surface area contributed by atoms with Crippen molar-refractivity contribution in [3.05, 3.63) is 70.2 Å². The van der Waals surface area contributed by atoms with Gasteiger partial charge in [-0.2, -0.15) is 0 Å². The average Bonchev–Trinajstić information content (AvgIpc) is 3.45. The van der Waals surface area contributed by atoms with Crippen LogP contribution in [0.3, 0.4) is 0 Å². The summed E-state index contributed by atoms with van der Waals surface area (Å²) in [5.41, 5.74) is 1.50. The van der Waals surface area contributed by atoms with Gasteiger partial charge in [0.1, 0.15) is 0 Å². The molecule has 0 saturated carbocycles. The molecule has 1 fully saturated rings. The molecule has 1 atom stereocenters. The molecule has 1 aliphatic heterocycles. The van der Waals surface area contributed by atoms with Crippen molar-refractivity contribution in [3.63, 3.8) is 0 Å². The largest absolute Gasteiger partial charge is 0.376 e. The van der Waals surface area contributed by atoms with Crippen molar-refractivity contribution >= 4 is 17.2 Å². The molecule has 0 radical (unpaired) electrons. The predicted octanol–water partition coefficient (Wildman–Crippen LogP) is 3.21. The van der Waals surface area contributed by atoms with Gasteiger partial charge in [-0.25, -0.2) is 4.68 Å². The minimum Gasteiger partial charge on any atom is -0.376 e. The minimum atomic E-state index is -0.0989. The van der Waals surface area contributed by atoms with Crippen LogP contribution in [0.2, 0.25) is 0 Å². The van der Waals surface area contributed by atoms with Crippen LogP contribution in [0.1, 0.15) is 33.8 Å². The molecule has 0 spiro atoms. The van der Waals surface area contributed by atoms with Crippen molar-refractivity contribution in [3.8, 4) is 0 Å². The third-order valence-electron chi connectivity index (χ3n) is 4.61. The summed E-state index contributed by atoms with van der Waals surface area (Å²) in [6.07, 6.45) is 3.88. The van der Waals surface area contributed by atoms with Gasteiger partial charge in [-0.1, -0.05) is 41.6 Å². The molecule has 140 valence electrons. The van der Waals surface area contributed by atoms with Crippen LogP contribution in [0.4, 0.5) is 0 Å². The van der Waals surface area contributed by atoms with Gasteiger partial charge in [-0.05, 0) is 29.9 Å². The van der Waals surface area contributed by atoms with Gasteiger partial charge in [0, 0.05) is 18.0 Å². The molecule has 2 aromatic heterocycles. The van der Waals surface area contributed by atoms with E-state index in [2.05, 4.69) is 10.3 Å². The molecule has 1 unspecified atom stereocenters. The summed E-state index contributed by atoms with van der Waals surface area (Å²) in [6.45, 7) is 2.53. The number of ether oxygens (including phenoxy) is 1. The maximum absolute atomic E-state index is 13.1. The summed E-state index contributed by atoms with van der Waals surface area (Å²) < 4.78 is 7.45. The van der Waals surface area contributed by atoms with Crippen LogP contribution in [0.15, 0.2) is 54.0 Å². The van der Waals surface area contributed by atoms with Gasteiger partial charge in [0.25, 0.3) is 5.91 Å². The van der Waals surface area contributed by atoms with Crippen molar-refractivity contribution in [1.29, 1.82) is 0 Å². The number of benzene rings is 1. The molecule has 1 saturated heterocycles. The second-order valence-corrected chi connectivity index (χ2v) is 7.72. The number of carbonyl (C=O) groups excluding carboxylic acids is 1. The zero-order valence-electron chi connectivity index (χ0n) is 15.0. The van der Waals surface area contributed by atoms with Crippen LogP contribution in [-0.4, -0.2) is 45.1 Å². The Balaban J connectivity index is 1.48. The molecule has 0 aliphatic carbocycles. The van der Waals surface area contributed by atoms with E-state index in [9.17, 15) is 4.79 Å². The van der Waals surface area contributed by atoms with Gasteiger partial charge in [0.2, 0.25) is 0 Å². The summed E-state index contributed by atoms with van der Waals surface area (Å²) in [7, 11) is 0. The monoisotopic (exact) mass is 382 g/mol. The fourth-order valence-electron chi connectivity index (χ4n) is 3.25. The first-order valence-electron chi connectivity index (χ1n) is 9.15. The Morgan fingerprint density at radius 3 is 2.89 bits per heavy atom. The molecule has 3 aromatic rings. The average molecular weight is 382 g/mol. The Kier molecular flexibility index (Phi) is 5.60. The minimum absolute atomic E-state index is 0.0989. The molecule has 27 heavy (non-hydrogen) atoms. The van der Waals surface area contributed by atoms with E-state index >= 15 is 0 Å². The summed E-state index contributed by atoms with van der Waals surface area (Å²) in [6, 6.07) is 14.1. The number of rotatable bonds is 7. The summed E-state index contributed by atoms with van der Waals surface area (Å²) in [5, 5.41) is 10.3. The SMILES string of the molecule is O=C(c1cn(Cc2ccccc2)nn1)N(Cc1cccs1)CC1CCCO1. The first-order valence-corrected chi connectivity index (χ1v) is 10.0. The van der Waals surface area contributed by atoms with Crippen LogP contribution in [0.5, 0.6) is 0 Å². The van der Waals surface area contributed by atoms with Crippen LogP contribution >= 0.6 is 11.3 Å². The van der Waals surface area contributed by atoms with Gasteiger partial charge in [0.05, 0.1) is 25.4 Å². The zero-order valence-corrected chi connectivity index (χ0v) is 15.8. The van der Waals surface area contributed by atoms with E-state index in [4.69, 9.17) is 4.74 Å². The molecule has 3 heterocycles. The number of hydrogen-bond acceptors (Lipinski definition) is 5. The lowest BCUT2D eigenvalue weighted by atomic mass is 10.2. The molecule has 7 heteroatoms. The normalized spacial score (nSPS) is 16.5. The lowest BCUT2D eigenvalue weighted by molar-refractivity contribution is 0.0505. The Bertz CT molecular complexity index is 857. The molecule has 1 amide bonds. The molecule has 1 aliphatic rings. The Morgan fingerprint density at radius 2 is 2.15 bits per heavy atom. The van der Waals surface area contributed by atoms with E-state index < -0.39 is 0 Å². The second kappa shape index (κ2) is 8.45. The number of hydrogen-bond donors (Lipinski definition) is 0. The Morgan fingerprint density at radius 1 is 1.26 bits per heavy atom. The summed E-state index contributed by atoms with van der Waals surface area (Å²) in [5.74, 6) is -0.0989. The third kappa shape index (κ3) is 4.61. The molecular formula is C20H22N4O2S. The van der Waals surface area contributed by atoms with Crippen molar-refractivity contribution < 1.29 is 9.53 Å². The topological polar surface area (TPSA) is 60.2 Å². The number of aromatic nitrogens is 3. The van der Waals surface area contributed by atoms with Gasteiger partial charge < -0.3 is 9.64 Å². The van der Waals surface area contributed by atoms with Crippen LogP contribution in [0.25, 0.3) is 0 Å². The first kappa shape index (κ1) is 17.9. The van der Waals surface area contributed by atoms with E-state index in [1.165, 1.54) is 0 Å². The maximum atomic E-state index is 13.1. The highest BCUT2D eigenvalue weighted by atomic mass is 32.1. The fraction of sp³-hybridized carbons (Fsp3) is 0.350. The highest BCUT2D eigenvalue weighted by molar-refractivity contribution is 7.09. The second-order valence-electron chi connectivity index (χ2n) is 6.69. The van der Waals surface area contributed by atoms with Crippen molar-refractivity contribution in [2.75, 3.05) is 13.2 Å². The lowest BCUT2D eigenvalue weighted by Gasteiger charge is -2.24. The van der Waals surface area contributed by atoms with E-state index in [1.807, 2.05) is 52.7 Å². The zero-order chi connectivity index (χ0) is 18.5. The Hall–Kier alpha value is -2.51. The highest BCUT2D eigenvalue weighted by Crippen LogP contribution is 2.18. The molecule has 0 bridgehead atoms. The van der Waals surface area contributed by atoms with E-state index in [0.29, 0.717) is 25.3 Å². The van der Waals surface area contributed by atoms with Crippen LogP contribution in [0, 0.1) is 0 Å². The number of nitrogens with zero attached hydrogens (tertiary/aromatic N) is 4. The van der Waals surface area contributed by atoms with E-state index in [-0.39, 0.29) is 12.0 Å². The quantitative estimate of drug-likeness (QED) is 0.630. The fourth-order valence-corrected chi connectivity index (χ4v) is 3.97. The van der Waals surface area contributed by atoms with Crippen molar-refractivity contribution in [2.24, 2.45) is 0 Å². The Labute approximate surface area is 162 Å².